The molecular weight excluding hydrogens is 450 g/mol. The molecule has 0 heterocycles. The summed E-state index contributed by atoms with van der Waals surface area (Å²) in [6.07, 6.45) is -1.61. The fourth-order valence-electron chi connectivity index (χ4n) is 3.52. The quantitative estimate of drug-likeness (QED) is 0.332. The van der Waals surface area contributed by atoms with Crippen molar-refractivity contribution in [2.24, 2.45) is 0 Å². The van der Waals surface area contributed by atoms with Gasteiger partial charge >= 0.3 is 0 Å². The van der Waals surface area contributed by atoms with Crippen LogP contribution >= 0.6 is 13.5 Å². The van der Waals surface area contributed by atoms with E-state index in [0.717, 1.165) is 44.1 Å². The second-order valence-electron chi connectivity index (χ2n) is 8.05. The van der Waals surface area contributed by atoms with E-state index in [1.165, 1.54) is 0 Å². The number of fused-ring (bicyclic) bond motifs is 2. The molecule has 0 amide bonds. The zero-order valence-electron chi connectivity index (χ0n) is 19.6. The number of ether oxygens (including phenoxy) is 1. The normalized spacial score (nSPS) is 12.3. The Morgan fingerprint density at radius 1 is 0.676 bits per heavy atom. The van der Waals surface area contributed by atoms with Gasteiger partial charge in [0.15, 0.2) is 0 Å². The molecule has 6 nitrogen and oxygen atoms in total. The topological polar surface area (TPSA) is 93.4 Å². The molecule has 0 saturated carbocycles. The lowest BCUT2D eigenvalue weighted by atomic mass is 10.0. The van der Waals surface area contributed by atoms with Gasteiger partial charge in [0, 0.05) is 19.8 Å². The molecule has 4 aromatic carbocycles. The van der Waals surface area contributed by atoms with Crippen LogP contribution in [0.2, 0.25) is 0 Å². The Labute approximate surface area is 207 Å². The van der Waals surface area contributed by atoms with Crippen molar-refractivity contribution in [1.29, 1.82) is 0 Å². The van der Waals surface area contributed by atoms with Gasteiger partial charge in [-0.2, -0.15) is 13.5 Å². The Morgan fingerprint density at radius 3 is 1.59 bits per heavy atom. The van der Waals surface area contributed by atoms with E-state index in [9.17, 15) is 10.2 Å². The van der Waals surface area contributed by atoms with E-state index in [1.54, 1.807) is 7.11 Å². The number of aliphatic hydroxyl groups is 4. The van der Waals surface area contributed by atoms with Gasteiger partial charge in [-0.05, 0) is 69.1 Å². The summed E-state index contributed by atoms with van der Waals surface area (Å²) in [6, 6.07) is 23.2. The number of nitrogens with zero attached hydrogens (tertiary/aromatic N) is 1. The number of aliphatic hydroxyl groups excluding tert-OH is 4. The van der Waals surface area contributed by atoms with Crippen LogP contribution in [-0.4, -0.2) is 54.8 Å². The maximum atomic E-state index is 9.57. The SMILES string of the molecule is CN(C)c1ccc2cc([C@H](O)CO)ccc2c1.COc1ccc2cc([C@@H](O)CO)ccc2c1.S. The van der Waals surface area contributed by atoms with Crippen LogP contribution < -0.4 is 9.64 Å². The largest absolute Gasteiger partial charge is 0.497 e. The van der Waals surface area contributed by atoms with Gasteiger partial charge in [-0.3, -0.25) is 0 Å². The van der Waals surface area contributed by atoms with Crippen LogP contribution in [-0.2, 0) is 0 Å². The summed E-state index contributed by atoms with van der Waals surface area (Å²) < 4.78 is 5.13. The average molecular weight is 484 g/mol. The first kappa shape index (κ1) is 27.4. The molecular formula is C27H33NO5S. The van der Waals surface area contributed by atoms with E-state index < -0.39 is 12.2 Å². The Morgan fingerprint density at radius 2 is 1.12 bits per heavy atom. The summed E-state index contributed by atoms with van der Waals surface area (Å²) >= 11 is 0. The lowest BCUT2D eigenvalue weighted by Crippen LogP contribution is -2.08. The molecule has 0 bridgehead atoms. The smallest absolute Gasteiger partial charge is 0.119 e. The molecule has 4 aromatic rings. The second-order valence-corrected chi connectivity index (χ2v) is 8.05. The maximum absolute atomic E-state index is 9.57. The van der Waals surface area contributed by atoms with Crippen LogP contribution in [0.3, 0.4) is 0 Å². The van der Waals surface area contributed by atoms with Crippen molar-refractivity contribution in [3.63, 3.8) is 0 Å². The molecule has 0 saturated heterocycles. The molecule has 0 fully saturated rings. The Balaban J connectivity index is 0.000000234. The van der Waals surface area contributed by atoms with Crippen LogP contribution in [0.5, 0.6) is 5.75 Å². The van der Waals surface area contributed by atoms with Crippen molar-refractivity contribution in [1.82, 2.24) is 0 Å². The van der Waals surface area contributed by atoms with Gasteiger partial charge in [0.25, 0.3) is 0 Å². The molecule has 4 rings (SSSR count). The van der Waals surface area contributed by atoms with E-state index in [0.29, 0.717) is 0 Å². The van der Waals surface area contributed by atoms with Gasteiger partial charge in [-0.25, -0.2) is 0 Å². The van der Waals surface area contributed by atoms with Crippen molar-refractivity contribution in [2.45, 2.75) is 12.2 Å². The number of anilines is 1. The highest BCUT2D eigenvalue weighted by Gasteiger charge is 2.07. The summed E-state index contributed by atoms with van der Waals surface area (Å²) in [4.78, 5) is 2.05. The molecule has 182 valence electrons. The third-order valence-electron chi connectivity index (χ3n) is 5.55. The fraction of sp³-hybridized carbons (Fsp3) is 0.259. The van der Waals surface area contributed by atoms with E-state index in [1.807, 2.05) is 80.8 Å². The molecule has 0 spiro atoms. The monoisotopic (exact) mass is 483 g/mol. The Kier molecular flexibility index (Phi) is 10.2. The van der Waals surface area contributed by atoms with Crippen LogP contribution in [0.15, 0.2) is 72.8 Å². The van der Waals surface area contributed by atoms with E-state index in [2.05, 4.69) is 11.0 Å². The summed E-state index contributed by atoms with van der Waals surface area (Å²) in [5.74, 6) is 0.808. The summed E-state index contributed by atoms with van der Waals surface area (Å²) in [7, 11) is 5.64. The first-order chi connectivity index (χ1) is 15.9. The van der Waals surface area contributed by atoms with Gasteiger partial charge in [0.1, 0.15) is 18.0 Å². The minimum atomic E-state index is -0.813. The third kappa shape index (κ3) is 6.62. The molecule has 0 aliphatic heterocycles. The summed E-state index contributed by atoms with van der Waals surface area (Å²) in [5.41, 5.74) is 2.62. The van der Waals surface area contributed by atoms with Crippen LogP contribution in [0.4, 0.5) is 5.69 Å². The van der Waals surface area contributed by atoms with Gasteiger partial charge in [0.05, 0.1) is 20.3 Å². The molecule has 0 aliphatic rings. The van der Waals surface area contributed by atoms with Crippen LogP contribution in [0.25, 0.3) is 21.5 Å². The standard InChI is InChI=1S/C14H17NO2.C13H14O3.H2S/c1-15(2)13-6-5-10-7-12(14(17)9-16)4-3-11(10)8-13;1-16-12-5-4-9-6-11(13(15)8-14)3-2-10(9)7-12;/h3-8,14,16-17H,9H2,1-2H3;2-7,13-15H,8H2,1H3;1H2/t14-;13-;/m10./s1. The lowest BCUT2D eigenvalue weighted by molar-refractivity contribution is 0.0957. The number of benzene rings is 4. The first-order valence-corrected chi connectivity index (χ1v) is 10.7. The molecule has 0 unspecified atom stereocenters. The number of hydrogen-bond acceptors (Lipinski definition) is 6. The van der Waals surface area contributed by atoms with Crippen molar-refractivity contribution in [3.8, 4) is 5.75 Å². The van der Waals surface area contributed by atoms with Crippen LogP contribution in [0, 0.1) is 0 Å². The molecule has 0 aliphatic carbocycles. The summed E-state index contributed by atoms with van der Waals surface area (Å²) in [6.45, 7) is -0.511. The van der Waals surface area contributed by atoms with Crippen LogP contribution in [0.1, 0.15) is 23.3 Å². The molecule has 4 N–H and O–H groups in total. The minimum absolute atomic E-state index is 0. The van der Waals surface area contributed by atoms with Crippen molar-refractivity contribution < 1.29 is 25.2 Å². The van der Waals surface area contributed by atoms with Crippen molar-refractivity contribution >= 4 is 40.7 Å². The number of methoxy groups -OCH3 is 1. The zero-order valence-corrected chi connectivity index (χ0v) is 20.6. The number of hydrogen-bond donors (Lipinski definition) is 4. The Hall–Kier alpha value is -2.81. The van der Waals surface area contributed by atoms with E-state index >= 15 is 0 Å². The molecule has 2 atom stereocenters. The average Bonchev–Trinajstić information content (AvgIpc) is 2.86. The summed E-state index contributed by atoms with van der Waals surface area (Å²) in [5, 5.41) is 41.1. The number of rotatable bonds is 6. The molecule has 0 aromatic heterocycles. The first-order valence-electron chi connectivity index (χ1n) is 10.7. The van der Waals surface area contributed by atoms with E-state index in [-0.39, 0.29) is 26.7 Å². The van der Waals surface area contributed by atoms with Gasteiger partial charge in [0.2, 0.25) is 0 Å². The van der Waals surface area contributed by atoms with Crippen molar-refractivity contribution in [3.05, 3.63) is 83.9 Å². The van der Waals surface area contributed by atoms with E-state index in [4.69, 9.17) is 14.9 Å². The molecule has 0 radical (unpaired) electrons. The zero-order chi connectivity index (χ0) is 24.0. The minimum Gasteiger partial charge on any atom is -0.497 e. The fourth-order valence-corrected chi connectivity index (χ4v) is 3.52. The Bertz CT molecular complexity index is 1210. The highest BCUT2D eigenvalue weighted by atomic mass is 32.1. The third-order valence-corrected chi connectivity index (χ3v) is 5.55. The predicted octanol–water partition coefficient (Wildman–Crippen LogP) is 3.92. The second kappa shape index (κ2) is 12.6. The van der Waals surface area contributed by atoms with Crippen molar-refractivity contribution in [2.75, 3.05) is 39.3 Å². The highest BCUT2D eigenvalue weighted by Crippen LogP contribution is 2.25. The van der Waals surface area contributed by atoms with Gasteiger partial charge < -0.3 is 30.1 Å². The molecule has 7 heteroatoms. The predicted molar refractivity (Wildman–Crippen MR) is 143 cm³/mol. The highest BCUT2D eigenvalue weighted by molar-refractivity contribution is 7.59. The lowest BCUT2D eigenvalue weighted by Gasteiger charge is -2.14. The maximum Gasteiger partial charge on any atom is 0.119 e. The van der Waals surface area contributed by atoms with Gasteiger partial charge in [-0.1, -0.05) is 36.4 Å². The van der Waals surface area contributed by atoms with Gasteiger partial charge in [-0.15, -0.1) is 0 Å². The molecule has 34 heavy (non-hydrogen) atoms.